The number of carbonyl (C=O) groups excluding carboxylic acids is 1. The van der Waals surface area contributed by atoms with Crippen molar-refractivity contribution in [3.63, 3.8) is 0 Å². The number of rotatable bonds is 3. The quantitative estimate of drug-likeness (QED) is 0.865. The maximum Gasteiger partial charge on any atom is 0.328 e. The molecule has 2 N–H and O–H groups in total. The minimum Gasteiger partial charge on any atom is -0.467 e. The number of hydrogen-bond acceptors (Lipinski definition) is 4. The SMILES string of the molecule is CCC(C(=O)OC)n1c(N)nc2cc(F)c(F)cc21. The van der Waals surface area contributed by atoms with E-state index in [9.17, 15) is 13.6 Å². The average molecular weight is 269 g/mol. The van der Waals surface area contributed by atoms with Crippen molar-refractivity contribution in [2.24, 2.45) is 0 Å². The number of aromatic nitrogens is 2. The number of carbonyl (C=O) groups is 1. The Balaban J connectivity index is 2.68. The van der Waals surface area contributed by atoms with Crippen LogP contribution >= 0.6 is 0 Å². The number of halogens is 2. The summed E-state index contributed by atoms with van der Waals surface area (Å²) in [5, 5.41) is 0. The van der Waals surface area contributed by atoms with Crippen LogP contribution in [0.25, 0.3) is 11.0 Å². The summed E-state index contributed by atoms with van der Waals surface area (Å²) in [6.07, 6.45) is 0.390. The zero-order valence-electron chi connectivity index (χ0n) is 10.5. The Hall–Kier alpha value is -2.18. The molecule has 1 atom stereocenters. The van der Waals surface area contributed by atoms with Crippen molar-refractivity contribution in [1.29, 1.82) is 0 Å². The minimum absolute atomic E-state index is 0.0113. The van der Waals surface area contributed by atoms with E-state index in [0.717, 1.165) is 12.1 Å². The van der Waals surface area contributed by atoms with Crippen LogP contribution in [0.1, 0.15) is 19.4 Å². The number of nitrogen functional groups attached to an aromatic ring is 1. The second-order valence-corrected chi connectivity index (χ2v) is 4.04. The fourth-order valence-corrected chi connectivity index (χ4v) is 2.03. The highest BCUT2D eigenvalue weighted by molar-refractivity contribution is 5.83. The van der Waals surface area contributed by atoms with Crippen molar-refractivity contribution < 1.29 is 18.3 Å². The van der Waals surface area contributed by atoms with Gasteiger partial charge in [-0.1, -0.05) is 6.92 Å². The van der Waals surface area contributed by atoms with Gasteiger partial charge >= 0.3 is 5.97 Å². The molecule has 1 aromatic carbocycles. The standard InChI is InChI=1S/C12H13F2N3O2/c1-3-9(11(18)19-2)17-10-5-7(14)6(13)4-8(10)16-12(17)15/h4-5,9H,3H2,1-2H3,(H2,15,16). The Kier molecular flexibility index (Phi) is 3.37. The summed E-state index contributed by atoms with van der Waals surface area (Å²) in [5.41, 5.74) is 6.17. The lowest BCUT2D eigenvalue weighted by Gasteiger charge is -2.16. The molecular weight excluding hydrogens is 256 g/mol. The van der Waals surface area contributed by atoms with Crippen LogP contribution in [0, 0.1) is 11.6 Å². The Morgan fingerprint density at radius 2 is 2.11 bits per heavy atom. The smallest absolute Gasteiger partial charge is 0.328 e. The zero-order valence-corrected chi connectivity index (χ0v) is 10.5. The normalized spacial score (nSPS) is 12.6. The lowest BCUT2D eigenvalue weighted by molar-refractivity contribution is -0.144. The third kappa shape index (κ3) is 2.11. The van der Waals surface area contributed by atoms with E-state index in [1.807, 2.05) is 0 Å². The predicted molar refractivity (Wildman–Crippen MR) is 65.4 cm³/mol. The van der Waals surface area contributed by atoms with Crippen molar-refractivity contribution in [2.75, 3.05) is 12.8 Å². The highest BCUT2D eigenvalue weighted by atomic mass is 19.2. The van der Waals surface area contributed by atoms with E-state index in [-0.39, 0.29) is 17.0 Å². The molecule has 0 spiro atoms. The van der Waals surface area contributed by atoms with Gasteiger partial charge < -0.3 is 10.5 Å². The second kappa shape index (κ2) is 4.83. The maximum atomic E-state index is 13.3. The monoisotopic (exact) mass is 269 g/mol. The van der Waals surface area contributed by atoms with Crippen LogP contribution < -0.4 is 5.73 Å². The van der Waals surface area contributed by atoms with E-state index in [2.05, 4.69) is 9.72 Å². The summed E-state index contributed by atoms with van der Waals surface area (Å²) in [6.45, 7) is 1.76. The number of methoxy groups -OCH3 is 1. The predicted octanol–water partition coefficient (Wildman–Crippen LogP) is 2.02. The number of ether oxygens (including phenoxy) is 1. The van der Waals surface area contributed by atoms with Crippen molar-refractivity contribution in [3.8, 4) is 0 Å². The van der Waals surface area contributed by atoms with Gasteiger partial charge in [0.2, 0.25) is 5.95 Å². The summed E-state index contributed by atoms with van der Waals surface area (Å²) in [6, 6.07) is 1.20. The van der Waals surface area contributed by atoms with Crippen LogP contribution in [0.4, 0.5) is 14.7 Å². The number of benzene rings is 1. The molecule has 2 aromatic rings. The Labute approximate surface area is 108 Å². The number of nitrogens with zero attached hydrogens (tertiary/aromatic N) is 2. The van der Waals surface area contributed by atoms with E-state index in [1.54, 1.807) is 6.92 Å². The molecule has 7 heteroatoms. The van der Waals surface area contributed by atoms with Crippen molar-refractivity contribution in [2.45, 2.75) is 19.4 Å². The van der Waals surface area contributed by atoms with Gasteiger partial charge in [-0.05, 0) is 6.42 Å². The van der Waals surface area contributed by atoms with Crippen molar-refractivity contribution in [3.05, 3.63) is 23.8 Å². The largest absolute Gasteiger partial charge is 0.467 e. The first-order valence-electron chi connectivity index (χ1n) is 5.69. The summed E-state index contributed by atoms with van der Waals surface area (Å²) in [4.78, 5) is 15.6. The summed E-state index contributed by atoms with van der Waals surface area (Å²) >= 11 is 0. The molecule has 0 saturated carbocycles. The molecular formula is C12H13F2N3O2. The van der Waals surface area contributed by atoms with Gasteiger partial charge in [-0.25, -0.2) is 18.6 Å². The number of imidazole rings is 1. The number of esters is 1. The second-order valence-electron chi connectivity index (χ2n) is 4.04. The molecule has 0 bridgehead atoms. The van der Waals surface area contributed by atoms with Crippen LogP contribution in [0.3, 0.4) is 0 Å². The average Bonchev–Trinajstić information content (AvgIpc) is 2.67. The number of hydrogen-bond donors (Lipinski definition) is 1. The molecule has 0 saturated heterocycles. The van der Waals surface area contributed by atoms with Crippen LogP contribution in [0.2, 0.25) is 0 Å². The molecule has 0 aliphatic carbocycles. The number of fused-ring (bicyclic) bond motifs is 1. The topological polar surface area (TPSA) is 70.1 Å². The van der Waals surface area contributed by atoms with Gasteiger partial charge in [0.25, 0.3) is 0 Å². The molecule has 0 fully saturated rings. The summed E-state index contributed by atoms with van der Waals surface area (Å²) in [7, 11) is 1.25. The van der Waals surface area contributed by atoms with Gasteiger partial charge in [-0.15, -0.1) is 0 Å². The van der Waals surface area contributed by atoms with E-state index in [1.165, 1.54) is 11.7 Å². The molecule has 5 nitrogen and oxygen atoms in total. The molecule has 0 radical (unpaired) electrons. The van der Waals surface area contributed by atoms with Gasteiger partial charge in [-0.2, -0.15) is 0 Å². The molecule has 1 heterocycles. The molecule has 0 aliphatic rings. The van der Waals surface area contributed by atoms with Gasteiger partial charge in [0.15, 0.2) is 11.6 Å². The Morgan fingerprint density at radius 3 is 2.68 bits per heavy atom. The van der Waals surface area contributed by atoms with E-state index in [0.29, 0.717) is 6.42 Å². The minimum atomic E-state index is -1.02. The first-order chi connectivity index (χ1) is 8.99. The van der Waals surface area contributed by atoms with Gasteiger partial charge in [0.05, 0.1) is 18.1 Å². The Morgan fingerprint density at radius 1 is 1.47 bits per heavy atom. The number of anilines is 1. The first kappa shape index (κ1) is 13.3. The van der Waals surface area contributed by atoms with Crippen LogP contribution in [0.5, 0.6) is 0 Å². The molecule has 102 valence electrons. The lowest BCUT2D eigenvalue weighted by atomic mass is 10.2. The van der Waals surface area contributed by atoms with Crippen LogP contribution in [-0.4, -0.2) is 22.6 Å². The van der Waals surface area contributed by atoms with Gasteiger partial charge in [-0.3, -0.25) is 4.57 Å². The molecule has 2 rings (SSSR count). The lowest BCUT2D eigenvalue weighted by Crippen LogP contribution is -2.21. The molecule has 1 aromatic heterocycles. The molecule has 0 aliphatic heterocycles. The zero-order chi connectivity index (χ0) is 14.2. The molecule has 0 amide bonds. The third-order valence-electron chi connectivity index (χ3n) is 2.93. The highest BCUT2D eigenvalue weighted by Crippen LogP contribution is 2.27. The number of nitrogens with two attached hydrogens (primary N) is 1. The molecule has 19 heavy (non-hydrogen) atoms. The van der Waals surface area contributed by atoms with Gasteiger partial charge in [0, 0.05) is 12.1 Å². The highest BCUT2D eigenvalue weighted by Gasteiger charge is 2.24. The maximum absolute atomic E-state index is 13.3. The van der Waals surface area contributed by atoms with Gasteiger partial charge in [0.1, 0.15) is 6.04 Å². The third-order valence-corrected chi connectivity index (χ3v) is 2.93. The fraction of sp³-hybridized carbons (Fsp3) is 0.333. The van der Waals surface area contributed by atoms with E-state index >= 15 is 0 Å². The molecule has 1 unspecified atom stereocenters. The van der Waals surface area contributed by atoms with Crippen molar-refractivity contribution >= 4 is 23.0 Å². The van der Waals surface area contributed by atoms with Crippen LogP contribution in [-0.2, 0) is 9.53 Å². The Bertz CT molecular complexity index is 639. The van der Waals surface area contributed by atoms with E-state index in [4.69, 9.17) is 5.73 Å². The first-order valence-corrected chi connectivity index (χ1v) is 5.69. The summed E-state index contributed by atoms with van der Waals surface area (Å²) < 4.78 is 32.5. The summed E-state index contributed by atoms with van der Waals surface area (Å²) in [5.74, 6) is -2.54. The van der Waals surface area contributed by atoms with Crippen molar-refractivity contribution in [1.82, 2.24) is 9.55 Å². The van der Waals surface area contributed by atoms with E-state index < -0.39 is 23.6 Å². The fourth-order valence-electron chi connectivity index (χ4n) is 2.03. The van der Waals surface area contributed by atoms with Crippen LogP contribution in [0.15, 0.2) is 12.1 Å².